The molecule has 0 bridgehead atoms. The molecule has 0 aromatic rings. The summed E-state index contributed by atoms with van der Waals surface area (Å²) in [7, 11) is 0. The number of aliphatic imine (C=N–C) groups is 1. The average Bonchev–Trinajstić information content (AvgIpc) is 2.34. The SMILES string of the molecule is CCCCC1=CCC=N1. The molecule has 1 heterocycles. The van der Waals surface area contributed by atoms with Crippen LogP contribution < -0.4 is 0 Å². The van der Waals surface area contributed by atoms with Gasteiger partial charge in [-0.2, -0.15) is 0 Å². The van der Waals surface area contributed by atoms with Gasteiger partial charge >= 0.3 is 0 Å². The predicted molar refractivity (Wildman–Crippen MR) is 40.7 cm³/mol. The molecule has 0 radical (unpaired) electrons. The van der Waals surface area contributed by atoms with Crippen molar-refractivity contribution in [2.75, 3.05) is 0 Å². The zero-order chi connectivity index (χ0) is 6.53. The van der Waals surface area contributed by atoms with E-state index >= 15 is 0 Å². The summed E-state index contributed by atoms with van der Waals surface area (Å²) in [5, 5.41) is 0. The first kappa shape index (κ1) is 6.53. The van der Waals surface area contributed by atoms with E-state index in [-0.39, 0.29) is 0 Å². The highest BCUT2D eigenvalue weighted by molar-refractivity contribution is 5.64. The molecule has 1 aliphatic heterocycles. The summed E-state index contributed by atoms with van der Waals surface area (Å²) in [6.07, 6.45) is 8.96. The van der Waals surface area contributed by atoms with Crippen LogP contribution in [0, 0.1) is 0 Å². The maximum Gasteiger partial charge on any atom is 0.0363 e. The van der Waals surface area contributed by atoms with E-state index in [2.05, 4.69) is 18.0 Å². The zero-order valence-corrected chi connectivity index (χ0v) is 5.93. The molecule has 0 aromatic carbocycles. The Morgan fingerprint density at radius 2 is 2.56 bits per heavy atom. The highest BCUT2D eigenvalue weighted by Crippen LogP contribution is 2.12. The standard InChI is InChI=1S/C8H13N/c1-2-3-5-8-6-4-7-9-8/h6-7H,2-5H2,1H3. The number of unbranched alkanes of at least 4 members (excludes halogenated alkanes) is 1. The molecule has 0 spiro atoms. The highest BCUT2D eigenvalue weighted by Gasteiger charge is 1.96. The molecule has 0 aromatic heterocycles. The monoisotopic (exact) mass is 123 g/mol. The Hall–Kier alpha value is -0.590. The minimum absolute atomic E-state index is 1.05. The second-order valence-corrected chi connectivity index (χ2v) is 2.35. The molecule has 1 heteroatoms. The third-order valence-corrected chi connectivity index (χ3v) is 1.50. The molecule has 1 rings (SSSR count). The van der Waals surface area contributed by atoms with E-state index in [4.69, 9.17) is 0 Å². The van der Waals surface area contributed by atoms with Gasteiger partial charge in [0.05, 0.1) is 0 Å². The third-order valence-electron chi connectivity index (χ3n) is 1.50. The summed E-state index contributed by atoms with van der Waals surface area (Å²) in [6.45, 7) is 2.21. The summed E-state index contributed by atoms with van der Waals surface area (Å²) < 4.78 is 0. The van der Waals surface area contributed by atoms with Crippen molar-refractivity contribution in [3.63, 3.8) is 0 Å². The van der Waals surface area contributed by atoms with Gasteiger partial charge in [-0.1, -0.05) is 19.4 Å². The third kappa shape index (κ3) is 2.00. The Morgan fingerprint density at radius 1 is 1.67 bits per heavy atom. The van der Waals surface area contributed by atoms with Crippen molar-refractivity contribution in [3.05, 3.63) is 11.8 Å². The Balaban J connectivity index is 2.19. The van der Waals surface area contributed by atoms with E-state index < -0.39 is 0 Å². The molecular formula is C8H13N. The second-order valence-electron chi connectivity index (χ2n) is 2.35. The molecule has 50 valence electrons. The van der Waals surface area contributed by atoms with E-state index in [0.29, 0.717) is 0 Å². The molecule has 0 fully saturated rings. The summed E-state index contributed by atoms with van der Waals surface area (Å²) in [5.41, 5.74) is 1.29. The molecule has 0 amide bonds. The first-order chi connectivity index (χ1) is 4.43. The number of allylic oxidation sites excluding steroid dienone is 2. The fourth-order valence-corrected chi connectivity index (χ4v) is 0.936. The van der Waals surface area contributed by atoms with Crippen LogP contribution in [0.4, 0.5) is 0 Å². The van der Waals surface area contributed by atoms with Crippen molar-refractivity contribution >= 4 is 6.21 Å². The van der Waals surface area contributed by atoms with E-state index in [1.807, 2.05) is 6.21 Å². The zero-order valence-electron chi connectivity index (χ0n) is 5.93. The minimum atomic E-state index is 1.05. The molecule has 1 nitrogen and oxygen atoms in total. The van der Waals surface area contributed by atoms with Gasteiger partial charge in [-0.25, -0.2) is 0 Å². The average molecular weight is 123 g/mol. The number of rotatable bonds is 3. The largest absolute Gasteiger partial charge is 0.266 e. The van der Waals surface area contributed by atoms with E-state index in [0.717, 1.165) is 6.42 Å². The Morgan fingerprint density at radius 3 is 3.11 bits per heavy atom. The van der Waals surface area contributed by atoms with Crippen LogP contribution in [0.3, 0.4) is 0 Å². The van der Waals surface area contributed by atoms with Crippen LogP contribution in [0.15, 0.2) is 16.8 Å². The van der Waals surface area contributed by atoms with Gasteiger partial charge in [-0.15, -0.1) is 0 Å². The summed E-state index contributed by atoms with van der Waals surface area (Å²) in [5.74, 6) is 0. The smallest absolute Gasteiger partial charge is 0.0363 e. The topological polar surface area (TPSA) is 12.4 Å². The van der Waals surface area contributed by atoms with Gasteiger partial charge in [0.25, 0.3) is 0 Å². The van der Waals surface area contributed by atoms with E-state index in [9.17, 15) is 0 Å². The fourth-order valence-electron chi connectivity index (χ4n) is 0.936. The summed E-state index contributed by atoms with van der Waals surface area (Å²) >= 11 is 0. The van der Waals surface area contributed by atoms with Crippen LogP contribution in [0.5, 0.6) is 0 Å². The first-order valence-electron chi connectivity index (χ1n) is 3.65. The van der Waals surface area contributed by atoms with Crippen molar-refractivity contribution in [1.82, 2.24) is 0 Å². The molecule has 0 saturated carbocycles. The van der Waals surface area contributed by atoms with Crippen LogP contribution in [0.1, 0.15) is 32.6 Å². The van der Waals surface area contributed by atoms with Gasteiger partial charge in [0.2, 0.25) is 0 Å². The Bertz CT molecular complexity index is 134. The van der Waals surface area contributed by atoms with E-state index in [1.165, 1.54) is 25.0 Å². The molecule has 1 aliphatic rings. The summed E-state index contributed by atoms with van der Waals surface area (Å²) in [6, 6.07) is 0. The molecule has 0 aliphatic carbocycles. The van der Waals surface area contributed by atoms with Crippen molar-refractivity contribution in [3.8, 4) is 0 Å². The molecule has 0 atom stereocenters. The lowest BCUT2D eigenvalue weighted by Crippen LogP contribution is -1.74. The van der Waals surface area contributed by atoms with Gasteiger partial charge in [0.1, 0.15) is 0 Å². The highest BCUT2D eigenvalue weighted by atomic mass is 14.7. The second kappa shape index (κ2) is 3.44. The predicted octanol–water partition coefficient (Wildman–Crippen LogP) is 2.54. The van der Waals surface area contributed by atoms with Crippen LogP contribution >= 0.6 is 0 Å². The summed E-state index contributed by atoms with van der Waals surface area (Å²) in [4.78, 5) is 4.21. The minimum Gasteiger partial charge on any atom is -0.266 e. The molecular weight excluding hydrogens is 110 g/mol. The van der Waals surface area contributed by atoms with Crippen molar-refractivity contribution in [1.29, 1.82) is 0 Å². The van der Waals surface area contributed by atoms with Gasteiger partial charge in [0.15, 0.2) is 0 Å². The van der Waals surface area contributed by atoms with Gasteiger partial charge in [-0.3, -0.25) is 4.99 Å². The Kier molecular flexibility index (Phi) is 2.49. The van der Waals surface area contributed by atoms with Gasteiger partial charge < -0.3 is 0 Å². The molecule has 0 saturated heterocycles. The molecule has 0 N–H and O–H groups in total. The maximum absolute atomic E-state index is 4.21. The van der Waals surface area contributed by atoms with E-state index in [1.54, 1.807) is 0 Å². The van der Waals surface area contributed by atoms with Crippen LogP contribution in [-0.4, -0.2) is 6.21 Å². The fraction of sp³-hybridized carbons (Fsp3) is 0.625. The normalized spacial score (nSPS) is 16.3. The van der Waals surface area contributed by atoms with Crippen molar-refractivity contribution in [2.45, 2.75) is 32.6 Å². The van der Waals surface area contributed by atoms with Crippen LogP contribution in [0.25, 0.3) is 0 Å². The lowest BCUT2D eigenvalue weighted by atomic mass is 10.2. The lowest BCUT2D eigenvalue weighted by Gasteiger charge is -1.93. The number of nitrogens with zero attached hydrogens (tertiary/aromatic N) is 1. The van der Waals surface area contributed by atoms with Crippen molar-refractivity contribution < 1.29 is 0 Å². The Labute approximate surface area is 56.5 Å². The quantitative estimate of drug-likeness (QED) is 0.547. The number of hydrogen-bond acceptors (Lipinski definition) is 1. The van der Waals surface area contributed by atoms with Gasteiger partial charge in [0, 0.05) is 18.3 Å². The van der Waals surface area contributed by atoms with Crippen LogP contribution in [-0.2, 0) is 0 Å². The van der Waals surface area contributed by atoms with Crippen LogP contribution in [0.2, 0.25) is 0 Å². The molecule has 9 heavy (non-hydrogen) atoms. The molecule has 0 unspecified atom stereocenters. The first-order valence-corrected chi connectivity index (χ1v) is 3.65. The maximum atomic E-state index is 4.21. The van der Waals surface area contributed by atoms with Crippen molar-refractivity contribution in [2.24, 2.45) is 4.99 Å². The lowest BCUT2D eigenvalue weighted by molar-refractivity contribution is 0.783. The van der Waals surface area contributed by atoms with Gasteiger partial charge in [-0.05, 0) is 12.8 Å². The number of hydrogen-bond donors (Lipinski definition) is 0.